The van der Waals surface area contributed by atoms with Gasteiger partial charge in [0.05, 0.1) is 17.2 Å². The summed E-state index contributed by atoms with van der Waals surface area (Å²) in [6.07, 6.45) is 6.20. The van der Waals surface area contributed by atoms with Crippen molar-refractivity contribution in [2.24, 2.45) is 0 Å². The molecule has 0 bridgehead atoms. The van der Waals surface area contributed by atoms with Gasteiger partial charge in [-0.3, -0.25) is 9.36 Å². The number of benzene rings is 1. The van der Waals surface area contributed by atoms with Gasteiger partial charge in [-0.25, -0.2) is 9.37 Å². The fourth-order valence-electron chi connectivity index (χ4n) is 3.09. The summed E-state index contributed by atoms with van der Waals surface area (Å²) in [5.74, 6) is -0.365. The second-order valence-corrected chi connectivity index (χ2v) is 5.82. The van der Waals surface area contributed by atoms with Gasteiger partial charge in [-0.1, -0.05) is 6.42 Å². The molecule has 21 heavy (non-hydrogen) atoms. The number of halogens is 1. The zero-order valence-corrected chi connectivity index (χ0v) is 12.3. The number of hydrogen-bond acceptors (Lipinski definition) is 3. The van der Waals surface area contributed by atoms with E-state index in [1.165, 1.54) is 43.8 Å². The Morgan fingerprint density at radius 2 is 2.24 bits per heavy atom. The highest BCUT2D eigenvalue weighted by molar-refractivity contribution is 5.77. The number of aromatic nitrogens is 2. The summed E-state index contributed by atoms with van der Waals surface area (Å²) in [5, 5.41) is 0.482. The summed E-state index contributed by atoms with van der Waals surface area (Å²) >= 11 is 0. The standard InChI is InChI=1S/C16H20FN3O/c1-19-8-3-2-4-13(19)7-9-20-11-18-15-10-12(17)5-6-14(15)16(20)21/h5-6,10-11,13H,2-4,7-9H2,1H3. The number of piperidine rings is 1. The molecule has 3 rings (SSSR count). The number of aryl methyl sites for hydroxylation is 1. The highest BCUT2D eigenvalue weighted by atomic mass is 19.1. The van der Waals surface area contributed by atoms with Gasteiger partial charge in [-0.15, -0.1) is 0 Å². The lowest BCUT2D eigenvalue weighted by atomic mass is 10.0. The summed E-state index contributed by atoms with van der Waals surface area (Å²) in [6.45, 7) is 1.79. The van der Waals surface area contributed by atoms with E-state index < -0.39 is 0 Å². The molecule has 1 unspecified atom stereocenters. The highest BCUT2D eigenvalue weighted by Gasteiger charge is 2.18. The van der Waals surface area contributed by atoms with Gasteiger partial charge >= 0.3 is 0 Å². The lowest BCUT2D eigenvalue weighted by Gasteiger charge is -2.32. The number of nitrogens with zero attached hydrogens (tertiary/aromatic N) is 3. The number of rotatable bonds is 3. The van der Waals surface area contributed by atoms with E-state index in [4.69, 9.17) is 0 Å². The first-order valence-corrected chi connectivity index (χ1v) is 7.50. The third kappa shape index (κ3) is 2.97. The van der Waals surface area contributed by atoms with E-state index in [0.717, 1.165) is 13.0 Å². The Morgan fingerprint density at radius 1 is 1.38 bits per heavy atom. The predicted molar refractivity (Wildman–Crippen MR) is 80.8 cm³/mol. The molecular formula is C16H20FN3O. The summed E-state index contributed by atoms with van der Waals surface area (Å²) < 4.78 is 14.8. The van der Waals surface area contributed by atoms with E-state index in [0.29, 0.717) is 23.5 Å². The van der Waals surface area contributed by atoms with Crippen molar-refractivity contribution in [2.45, 2.75) is 38.3 Å². The van der Waals surface area contributed by atoms with Crippen molar-refractivity contribution >= 4 is 10.9 Å². The van der Waals surface area contributed by atoms with E-state index in [-0.39, 0.29) is 11.4 Å². The van der Waals surface area contributed by atoms with Crippen LogP contribution in [0.4, 0.5) is 4.39 Å². The Morgan fingerprint density at radius 3 is 3.05 bits per heavy atom. The van der Waals surface area contributed by atoms with Crippen LogP contribution in [0.2, 0.25) is 0 Å². The van der Waals surface area contributed by atoms with Gasteiger partial charge in [0, 0.05) is 18.7 Å². The van der Waals surface area contributed by atoms with Crippen LogP contribution in [0.3, 0.4) is 0 Å². The molecule has 1 aromatic carbocycles. The van der Waals surface area contributed by atoms with Crippen molar-refractivity contribution in [1.82, 2.24) is 14.5 Å². The van der Waals surface area contributed by atoms with Crippen LogP contribution < -0.4 is 5.56 Å². The number of hydrogen-bond donors (Lipinski definition) is 0. The van der Waals surface area contributed by atoms with Crippen LogP contribution >= 0.6 is 0 Å². The van der Waals surface area contributed by atoms with Crippen molar-refractivity contribution in [3.8, 4) is 0 Å². The zero-order chi connectivity index (χ0) is 14.8. The zero-order valence-electron chi connectivity index (χ0n) is 12.3. The molecule has 1 aliphatic rings. The first-order valence-electron chi connectivity index (χ1n) is 7.50. The molecule has 112 valence electrons. The van der Waals surface area contributed by atoms with Crippen molar-refractivity contribution in [3.05, 3.63) is 40.7 Å². The van der Waals surface area contributed by atoms with Crippen molar-refractivity contribution in [2.75, 3.05) is 13.6 Å². The Labute approximate surface area is 123 Å². The minimum atomic E-state index is -0.365. The number of likely N-dealkylation sites (tertiary alicyclic amines) is 1. The SMILES string of the molecule is CN1CCCCC1CCn1cnc2cc(F)ccc2c1=O. The molecule has 1 saturated heterocycles. The van der Waals surface area contributed by atoms with Crippen LogP contribution in [0.25, 0.3) is 10.9 Å². The fourth-order valence-corrected chi connectivity index (χ4v) is 3.09. The third-order valence-electron chi connectivity index (χ3n) is 4.41. The maximum atomic E-state index is 13.1. The van der Waals surface area contributed by atoms with Gasteiger partial charge in [0.25, 0.3) is 5.56 Å². The molecule has 0 radical (unpaired) electrons. The monoisotopic (exact) mass is 289 g/mol. The van der Waals surface area contributed by atoms with Crippen LogP contribution in [0.5, 0.6) is 0 Å². The minimum Gasteiger partial charge on any atom is -0.303 e. The molecular weight excluding hydrogens is 269 g/mol. The summed E-state index contributed by atoms with van der Waals surface area (Å²) in [5.41, 5.74) is 0.337. The second-order valence-electron chi connectivity index (χ2n) is 5.82. The van der Waals surface area contributed by atoms with Gasteiger partial charge < -0.3 is 4.90 Å². The Bertz CT molecular complexity index is 697. The molecule has 1 fully saturated rings. The van der Waals surface area contributed by atoms with Crippen molar-refractivity contribution in [1.29, 1.82) is 0 Å². The molecule has 1 aliphatic heterocycles. The van der Waals surface area contributed by atoms with Crippen molar-refractivity contribution in [3.63, 3.8) is 0 Å². The largest absolute Gasteiger partial charge is 0.303 e. The minimum absolute atomic E-state index is 0.0848. The quantitative estimate of drug-likeness (QED) is 0.871. The van der Waals surface area contributed by atoms with Crippen molar-refractivity contribution < 1.29 is 4.39 Å². The van der Waals surface area contributed by atoms with Gasteiger partial charge in [-0.2, -0.15) is 0 Å². The van der Waals surface area contributed by atoms with E-state index >= 15 is 0 Å². The lowest BCUT2D eigenvalue weighted by Crippen LogP contribution is -2.37. The molecule has 0 spiro atoms. The van der Waals surface area contributed by atoms with E-state index in [1.54, 1.807) is 4.57 Å². The predicted octanol–water partition coefficient (Wildman–Crippen LogP) is 2.41. The Balaban J connectivity index is 1.79. The van der Waals surface area contributed by atoms with Gasteiger partial charge in [0.15, 0.2) is 0 Å². The van der Waals surface area contributed by atoms with Gasteiger partial charge in [0.2, 0.25) is 0 Å². The van der Waals surface area contributed by atoms with Crippen LogP contribution in [-0.4, -0.2) is 34.1 Å². The second kappa shape index (κ2) is 5.93. The molecule has 1 aromatic heterocycles. The maximum absolute atomic E-state index is 13.1. The van der Waals surface area contributed by atoms with Crippen LogP contribution in [0, 0.1) is 5.82 Å². The Hall–Kier alpha value is -1.75. The topological polar surface area (TPSA) is 38.1 Å². The van der Waals surface area contributed by atoms with Gasteiger partial charge in [0.1, 0.15) is 5.82 Å². The molecule has 0 aliphatic carbocycles. The molecule has 2 aromatic rings. The molecule has 2 heterocycles. The summed E-state index contributed by atoms with van der Waals surface area (Å²) in [6, 6.07) is 4.67. The molecule has 0 N–H and O–H groups in total. The smallest absolute Gasteiger partial charge is 0.261 e. The van der Waals surface area contributed by atoms with E-state index in [9.17, 15) is 9.18 Å². The summed E-state index contributed by atoms with van der Waals surface area (Å²) in [7, 11) is 2.15. The van der Waals surface area contributed by atoms with Gasteiger partial charge in [-0.05, 0) is 45.0 Å². The summed E-state index contributed by atoms with van der Waals surface area (Å²) in [4.78, 5) is 18.9. The molecule has 0 saturated carbocycles. The first kappa shape index (κ1) is 14.2. The van der Waals surface area contributed by atoms with Crippen LogP contribution in [-0.2, 0) is 6.54 Å². The van der Waals surface area contributed by atoms with Crippen LogP contribution in [0.15, 0.2) is 29.3 Å². The number of fused-ring (bicyclic) bond motifs is 1. The van der Waals surface area contributed by atoms with E-state index in [1.807, 2.05) is 0 Å². The molecule has 5 heteroatoms. The van der Waals surface area contributed by atoms with E-state index in [2.05, 4.69) is 16.9 Å². The highest BCUT2D eigenvalue weighted by Crippen LogP contribution is 2.18. The average Bonchev–Trinajstić information content (AvgIpc) is 2.48. The molecule has 4 nitrogen and oxygen atoms in total. The third-order valence-corrected chi connectivity index (χ3v) is 4.41. The maximum Gasteiger partial charge on any atom is 0.261 e. The normalized spacial score (nSPS) is 20.0. The molecule has 1 atom stereocenters. The fraction of sp³-hybridized carbons (Fsp3) is 0.500. The molecule has 0 amide bonds. The first-order chi connectivity index (χ1) is 10.1. The van der Waals surface area contributed by atoms with Crippen LogP contribution in [0.1, 0.15) is 25.7 Å². The Kier molecular flexibility index (Phi) is 4.01. The lowest BCUT2D eigenvalue weighted by molar-refractivity contribution is 0.170. The average molecular weight is 289 g/mol.